The maximum absolute atomic E-state index is 12.6. The van der Waals surface area contributed by atoms with E-state index >= 15 is 0 Å². The zero-order chi connectivity index (χ0) is 27.9. The minimum absolute atomic E-state index is 0.218. The van der Waals surface area contributed by atoms with Crippen LogP contribution >= 0.6 is 0 Å². The molecule has 0 heterocycles. The zero-order valence-corrected chi connectivity index (χ0v) is 22.4. The third-order valence-electron chi connectivity index (χ3n) is 6.37. The fraction of sp³-hybridized carbons (Fsp3) is 0.161. The molecular weight excluding hydrogens is 490 g/mol. The van der Waals surface area contributed by atoms with E-state index in [1.54, 1.807) is 72.8 Å². The van der Waals surface area contributed by atoms with Crippen LogP contribution in [0.15, 0.2) is 102 Å². The van der Waals surface area contributed by atoms with Gasteiger partial charge in [-0.3, -0.25) is 9.59 Å². The highest BCUT2D eigenvalue weighted by Gasteiger charge is 2.16. The molecule has 0 atom stereocenters. The second kappa shape index (κ2) is 12.0. The van der Waals surface area contributed by atoms with Crippen molar-refractivity contribution in [2.24, 2.45) is 5.18 Å². The molecule has 8 nitrogen and oxygen atoms in total. The molecule has 198 valence electrons. The number of carbonyl (C=O) groups excluding carboxylic acids is 2. The first kappa shape index (κ1) is 27.1. The zero-order valence-electron chi connectivity index (χ0n) is 22.4. The lowest BCUT2D eigenvalue weighted by molar-refractivity contribution is 0.101. The third-order valence-corrected chi connectivity index (χ3v) is 6.37. The van der Waals surface area contributed by atoms with Crippen molar-refractivity contribution < 1.29 is 9.59 Å². The van der Waals surface area contributed by atoms with Crippen LogP contribution in [0, 0.1) is 4.91 Å². The van der Waals surface area contributed by atoms with Crippen molar-refractivity contribution in [1.29, 1.82) is 0 Å². The minimum atomic E-state index is -0.725. The maximum Gasteiger partial charge on any atom is 0.255 e. The molecule has 39 heavy (non-hydrogen) atoms. The Morgan fingerprint density at radius 2 is 0.897 bits per heavy atom. The highest BCUT2D eigenvalue weighted by molar-refractivity contribution is 6.05. The van der Waals surface area contributed by atoms with Crippen molar-refractivity contribution in [2.45, 2.75) is 6.04 Å². The predicted octanol–water partition coefficient (Wildman–Crippen LogP) is 6.18. The molecular formula is C31H31N5O3. The van der Waals surface area contributed by atoms with Crippen LogP contribution in [-0.2, 0) is 0 Å². The number of nitroso groups, excluding NO2 is 1. The number of nitrogens with one attached hydrogen (secondary N) is 2. The first-order valence-electron chi connectivity index (χ1n) is 12.4. The van der Waals surface area contributed by atoms with Gasteiger partial charge in [-0.25, -0.2) is 0 Å². The second-order valence-corrected chi connectivity index (χ2v) is 9.54. The van der Waals surface area contributed by atoms with E-state index in [0.717, 1.165) is 11.4 Å². The van der Waals surface area contributed by atoms with Crippen LogP contribution in [0.25, 0.3) is 0 Å². The number of rotatable bonds is 9. The number of benzene rings is 4. The quantitative estimate of drug-likeness (QED) is 0.257. The molecule has 0 fully saturated rings. The van der Waals surface area contributed by atoms with Gasteiger partial charge in [0.1, 0.15) is 6.04 Å². The summed E-state index contributed by atoms with van der Waals surface area (Å²) >= 11 is 0. The molecule has 0 saturated heterocycles. The highest BCUT2D eigenvalue weighted by atomic mass is 16.3. The van der Waals surface area contributed by atoms with Crippen LogP contribution < -0.4 is 20.4 Å². The van der Waals surface area contributed by atoms with E-state index in [4.69, 9.17) is 0 Å². The fourth-order valence-electron chi connectivity index (χ4n) is 4.04. The summed E-state index contributed by atoms with van der Waals surface area (Å²) in [5.41, 5.74) is 5.72. The molecule has 0 bridgehead atoms. The molecule has 0 aliphatic carbocycles. The number of amides is 2. The largest absolute Gasteiger partial charge is 0.378 e. The molecule has 0 aliphatic heterocycles. The third kappa shape index (κ3) is 6.67. The summed E-state index contributed by atoms with van der Waals surface area (Å²) < 4.78 is 0. The van der Waals surface area contributed by atoms with Crippen LogP contribution in [0.2, 0.25) is 0 Å². The number of nitrogens with zero attached hydrogens (tertiary/aromatic N) is 3. The lowest BCUT2D eigenvalue weighted by Crippen LogP contribution is -2.13. The Bertz CT molecular complexity index is 1320. The summed E-state index contributed by atoms with van der Waals surface area (Å²) in [5, 5.41) is 9.07. The van der Waals surface area contributed by atoms with Gasteiger partial charge in [0.05, 0.1) is 0 Å². The lowest BCUT2D eigenvalue weighted by atomic mass is 9.99. The Kier molecular flexibility index (Phi) is 8.36. The highest BCUT2D eigenvalue weighted by Crippen LogP contribution is 2.28. The smallest absolute Gasteiger partial charge is 0.255 e. The average molecular weight is 522 g/mol. The Morgan fingerprint density at radius 3 is 1.18 bits per heavy atom. The van der Waals surface area contributed by atoms with E-state index in [2.05, 4.69) is 15.8 Å². The van der Waals surface area contributed by atoms with Crippen molar-refractivity contribution in [3.05, 3.63) is 124 Å². The van der Waals surface area contributed by atoms with E-state index in [1.807, 2.05) is 62.3 Å². The van der Waals surface area contributed by atoms with E-state index in [9.17, 15) is 14.5 Å². The van der Waals surface area contributed by atoms with Gasteiger partial charge in [-0.15, -0.1) is 4.91 Å². The summed E-state index contributed by atoms with van der Waals surface area (Å²) in [6.45, 7) is 0. The molecule has 0 saturated carbocycles. The van der Waals surface area contributed by atoms with Gasteiger partial charge in [-0.1, -0.05) is 29.4 Å². The van der Waals surface area contributed by atoms with Gasteiger partial charge in [0.2, 0.25) is 0 Å². The molecule has 0 aromatic heterocycles. The Hall–Kier alpha value is -4.98. The van der Waals surface area contributed by atoms with Gasteiger partial charge >= 0.3 is 0 Å². The van der Waals surface area contributed by atoms with E-state index in [0.29, 0.717) is 33.6 Å². The van der Waals surface area contributed by atoms with E-state index in [-0.39, 0.29) is 11.8 Å². The number of hydrogen-bond acceptors (Lipinski definition) is 6. The van der Waals surface area contributed by atoms with Crippen LogP contribution in [0.5, 0.6) is 0 Å². The normalized spacial score (nSPS) is 10.6. The van der Waals surface area contributed by atoms with E-state index in [1.165, 1.54) is 0 Å². The number of carbonyl (C=O) groups is 2. The van der Waals surface area contributed by atoms with E-state index < -0.39 is 6.04 Å². The SMILES string of the molecule is CN(C)c1ccc(C(=O)Nc2ccc(C(N=O)c3ccc(NC(=O)c4ccc(N(C)C)cc4)cc3)cc2)cc1. The minimum Gasteiger partial charge on any atom is -0.378 e. The van der Waals surface area contributed by atoms with Crippen LogP contribution in [0.3, 0.4) is 0 Å². The Labute approximate surface area is 228 Å². The van der Waals surface area contributed by atoms with Crippen LogP contribution in [0.4, 0.5) is 22.7 Å². The Morgan fingerprint density at radius 1 is 0.564 bits per heavy atom. The standard InChI is InChI=1S/C31H31N5O3/c1-35(2)27-17-9-23(10-18-27)30(37)32-25-13-5-21(6-14-25)29(34-39)22-7-15-26(16-8-22)33-31(38)24-11-19-28(20-12-24)36(3)4/h5-20,29H,1-4H3,(H,32,37)(H,33,38). The summed E-state index contributed by atoms with van der Waals surface area (Å²) in [6.07, 6.45) is 0. The molecule has 0 aliphatic rings. The lowest BCUT2D eigenvalue weighted by Gasteiger charge is -2.14. The molecule has 2 N–H and O–H groups in total. The summed E-state index contributed by atoms with van der Waals surface area (Å²) in [5.74, 6) is -0.436. The van der Waals surface area contributed by atoms with Crippen molar-refractivity contribution in [3.8, 4) is 0 Å². The summed E-state index contributed by atoms with van der Waals surface area (Å²) in [6, 6.07) is 28.0. The van der Waals surface area contributed by atoms with Gasteiger partial charge in [-0.05, 0) is 83.9 Å². The van der Waals surface area contributed by atoms with Crippen molar-refractivity contribution in [3.63, 3.8) is 0 Å². The van der Waals surface area contributed by atoms with Crippen LogP contribution in [-0.4, -0.2) is 40.0 Å². The topological polar surface area (TPSA) is 94.1 Å². The predicted molar refractivity (Wildman–Crippen MR) is 158 cm³/mol. The van der Waals surface area contributed by atoms with Gasteiger partial charge in [-0.2, -0.15) is 0 Å². The average Bonchev–Trinajstić information content (AvgIpc) is 2.95. The molecule has 0 radical (unpaired) electrons. The molecule has 4 aromatic carbocycles. The molecule has 0 unspecified atom stereocenters. The fourth-order valence-corrected chi connectivity index (χ4v) is 4.04. The van der Waals surface area contributed by atoms with Gasteiger partial charge < -0.3 is 20.4 Å². The molecule has 4 rings (SSSR count). The Balaban J connectivity index is 1.39. The maximum atomic E-state index is 12.6. The number of anilines is 4. The molecule has 2 amide bonds. The molecule has 0 spiro atoms. The molecule has 4 aromatic rings. The summed E-state index contributed by atoms with van der Waals surface area (Å²) in [7, 11) is 7.77. The van der Waals surface area contributed by atoms with Crippen molar-refractivity contribution in [2.75, 3.05) is 48.6 Å². The first-order chi connectivity index (χ1) is 18.7. The first-order valence-corrected chi connectivity index (χ1v) is 12.4. The molecule has 8 heteroatoms. The van der Waals surface area contributed by atoms with Gasteiger partial charge in [0, 0.05) is 62.1 Å². The monoisotopic (exact) mass is 521 g/mol. The van der Waals surface area contributed by atoms with Crippen LogP contribution in [0.1, 0.15) is 37.9 Å². The van der Waals surface area contributed by atoms with Crippen molar-refractivity contribution in [1.82, 2.24) is 0 Å². The van der Waals surface area contributed by atoms with Crippen molar-refractivity contribution >= 4 is 34.6 Å². The second-order valence-electron chi connectivity index (χ2n) is 9.54. The number of hydrogen-bond donors (Lipinski definition) is 2. The van der Waals surface area contributed by atoms with Gasteiger partial charge in [0.25, 0.3) is 11.8 Å². The summed E-state index contributed by atoms with van der Waals surface area (Å²) in [4.78, 5) is 40.9. The van der Waals surface area contributed by atoms with Gasteiger partial charge in [0.15, 0.2) is 0 Å².